The molecule has 0 radical (unpaired) electrons. The van der Waals surface area contributed by atoms with Crippen molar-refractivity contribution >= 4 is 13.8 Å². The van der Waals surface area contributed by atoms with Gasteiger partial charge in [0, 0.05) is 13.0 Å². The summed E-state index contributed by atoms with van der Waals surface area (Å²) in [4.78, 5) is 23.1. The predicted octanol–water partition coefficient (Wildman–Crippen LogP) is 8.61. The fourth-order valence-corrected chi connectivity index (χ4v) is 7.89. The van der Waals surface area contributed by atoms with Crippen molar-refractivity contribution in [2.75, 3.05) is 19.8 Å². The summed E-state index contributed by atoms with van der Waals surface area (Å²) < 4.78 is 34.1. The Kier molecular flexibility index (Phi) is 35.3. The molecule has 0 saturated heterocycles. The number of carbonyl (C=O) groups excluding carboxylic acids is 1. The van der Waals surface area contributed by atoms with E-state index < -0.39 is 63.1 Å². The van der Waals surface area contributed by atoms with Gasteiger partial charge in [-0.1, -0.05) is 159 Å². The van der Waals surface area contributed by atoms with E-state index in [1.54, 1.807) is 0 Å². The molecule has 1 aliphatic carbocycles. The number of esters is 1. The summed E-state index contributed by atoms with van der Waals surface area (Å²) in [5, 5.41) is 59.7. The normalized spacial score (nSPS) is 23.1. The van der Waals surface area contributed by atoms with Crippen molar-refractivity contribution < 1.29 is 63.4 Å². The molecule has 0 bridgehead atoms. The number of aliphatic hydroxyl groups excluding tert-OH is 6. The first-order valence-corrected chi connectivity index (χ1v) is 25.0. The molecule has 0 spiro atoms. The molecule has 61 heavy (non-hydrogen) atoms. The lowest BCUT2D eigenvalue weighted by Crippen LogP contribution is -2.64. The molecular formula is C47H85O13P. The van der Waals surface area contributed by atoms with Crippen LogP contribution in [0.15, 0.2) is 48.6 Å². The van der Waals surface area contributed by atoms with Gasteiger partial charge in [-0.25, -0.2) is 4.57 Å². The molecule has 0 heterocycles. The Morgan fingerprint density at radius 1 is 0.590 bits per heavy atom. The van der Waals surface area contributed by atoms with Gasteiger partial charge in [0.2, 0.25) is 0 Å². The van der Waals surface area contributed by atoms with Gasteiger partial charge in [-0.3, -0.25) is 13.8 Å². The minimum atomic E-state index is -5.04. The van der Waals surface area contributed by atoms with Crippen molar-refractivity contribution in [1.82, 2.24) is 0 Å². The summed E-state index contributed by atoms with van der Waals surface area (Å²) in [6, 6.07) is 0. The molecule has 0 aromatic carbocycles. The number of hydrogen-bond donors (Lipinski definition) is 7. The highest BCUT2D eigenvalue weighted by molar-refractivity contribution is 7.47. The van der Waals surface area contributed by atoms with Gasteiger partial charge in [0.1, 0.15) is 42.7 Å². The Balaban J connectivity index is 2.44. The van der Waals surface area contributed by atoms with Crippen LogP contribution in [0.4, 0.5) is 0 Å². The molecule has 0 aliphatic heterocycles. The van der Waals surface area contributed by atoms with E-state index in [0.29, 0.717) is 19.4 Å². The van der Waals surface area contributed by atoms with Crippen LogP contribution in [0.2, 0.25) is 0 Å². The summed E-state index contributed by atoms with van der Waals surface area (Å²) in [5.41, 5.74) is 0. The smallest absolute Gasteiger partial charge is 0.457 e. The van der Waals surface area contributed by atoms with E-state index in [0.717, 1.165) is 57.8 Å². The second-order valence-corrected chi connectivity index (χ2v) is 17.8. The summed E-state index contributed by atoms with van der Waals surface area (Å²) in [5.74, 6) is -0.542. The molecule has 0 aromatic heterocycles. The maximum absolute atomic E-state index is 12.8. The SMILES string of the molecule is CCCCCCCCCCCCCCCCCCOCC(COP(=O)(O)OC1C(O)C(O)C(O)C(O)C1O)OC(=O)CCCC=CCC=CCC=CCC=CCCC(O)CC. The third-order valence-electron chi connectivity index (χ3n) is 10.9. The Morgan fingerprint density at radius 3 is 1.52 bits per heavy atom. The van der Waals surface area contributed by atoms with Crippen LogP contribution in [0, 0.1) is 0 Å². The van der Waals surface area contributed by atoms with Crippen LogP contribution in [-0.4, -0.2) is 110 Å². The fraction of sp³-hybridized carbons (Fsp3) is 0.809. The van der Waals surface area contributed by atoms with E-state index >= 15 is 0 Å². The average molecular weight is 889 g/mol. The second kappa shape index (κ2) is 37.6. The van der Waals surface area contributed by atoms with Gasteiger partial charge < -0.3 is 45.0 Å². The van der Waals surface area contributed by atoms with Crippen LogP contribution in [0.5, 0.6) is 0 Å². The molecule has 7 atom stereocenters. The molecule has 1 saturated carbocycles. The van der Waals surface area contributed by atoms with Crippen molar-refractivity contribution in [3.05, 3.63) is 48.6 Å². The van der Waals surface area contributed by atoms with Crippen LogP contribution in [0.3, 0.4) is 0 Å². The summed E-state index contributed by atoms with van der Waals surface area (Å²) in [6.45, 7) is 3.92. The van der Waals surface area contributed by atoms with Crippen molar-refractivity contribution in [1.29, 1.82) is 0 Å². The lowest BCUT2D eigenvalue weighted by Gasteiger charge is -2.41. The highest BCUT2D eigenvalue weighted by Crippen LogP contribution is 2.47. The average Bonchev–Trinajstić information content (AvgIpc) is 3.24. The van der Waals surface area contributed by atoms with Crippen molar-refractivity contribution in [2.24, 2.45) is 0 Å². The molecule has 356 valence electrons. The van der Waals surface area contributed by atoms with E-state index in [9.17, 15) is 44.9 Å². The molecule has 13 nitrogen and oxygen atoms in total. The summed E-state index contributed by atoms with van der Waals surface area (Å²) in [6.07, 6.45) is 29.8. The van der Waals surface area contributed by atoms with Gasteiger partial charge in [0.25, 0.3) is 0 Å². The van der Waals surface area contributed by atoms with Gasteiger partial charge in [-0.15, -0.1) is 0 Å². The van der Waals surface area contributed by atoms with Crippen molar-refractivity contribution in [2.45, 2.75) is 223 Å². The monoisotopic (exact) mass is 889 g/mol. The topological polar surface area (TPSA) is 213 Å². The minimum absolute atomic E-state index is 0.0973. The molecule has 1 aliphatic rings. The van der Waals surface area contributed by atoms with Crippen LogP contribution in [0.1, 0.15) is 174 Å². The first kappa shape index (κ1) is 57.3. The number of phosphoric acid groups is 1. The first-order valence-electron chi connectivity index (χ1n) is 23.5. The number of carbonyl (C=O) groups is 1. The second-order valence-electron chi connectivity index (χ2n) is 16.4. The Labute approximate surface area is 367 Å². The van der Waals surface area contributed by atoms with Crippen molar-refractivity contribution in [3.8, 4) is 0 Å². The molecular weight excluding hydrogens is 803 g/mol. The molecule has 7 N–H and O–H groups in total. The molecule has 1 rings (SSSR count). The number of hydrogen-bond acceptors (Lipinski definition) is 12. The van der Waals surface area contributed by atoms with E-state index in [1.807, 2.05) is 19.1 Å². The fourth-order valence-electron chi connectivity index (χ4n) is 6.92. The van der Waals surface area contributed by atoms with E-state index in [-0.39, 0.29) is 19.1 Å². The minimum Gasteiger partial charge on any atom is -0.457 e. The number of aliphatic hydroxyl groups is 6. The molecule has 7 unspecified atom stereocenters. The van der Waals surface area contributed by atoms with E-state index in [2.05, 4.69) is 43.4 Å². The van der Waals surface area contributed by atoms with Gasteiger partial charge in [-0.2, -0.15) is 0 Å². The first-order chi connectivity index (χ1) is 29.4. The Bertz CT molecular complexity index is 1210. The molecule has 1 fully saturated rings. The van der Waals surface area contributed by atoms with Gasteiger partial charge in [0.05, 0.1) is 19.3 Å². The summed E-state index contributed by atoms with van der Waals surface area (Å²) in [7, 11) is -5.04. The quantitative estimate of drug-likeness (QED) is 0.0134. The Morgan fingerprint density at radius 2 is 1.03 bits per heavy atom. The standard InChI is InChI=1S/C47H85O13P/c1-3-5-6-7-8-9-10-11-12-15-18-21-24-27-30-33-36-57-37-40(38-58-61(55,56)60-47-45(53)43(51)42(50)44(52)46(47)54)59-41(49)35-32-29-26-23-20-17-14-13-16-19-22-25-28-31-34-39(48)4-2/h14,16-17,19,23,25-26,28,39-40,42-48,50-54H,3-13,15,18,20-22,24,27,29-38H2,1-2H3,(H,55,56). The zero-order valence-electron chi connectivity index (χ0n) is 37.6. The van der Waals surface area contributed by atoms with Gasteiger partial charge in [-0.05, 0) is 57.8 Å². The molecule has 0 aromatic rings. The van der Waals surface area contributed by atoms with Crippen LogP contribution in [0.25, 0.3) is 0 Å². The highest BCUT2D eigenvalue weighted by atomic mass is 31.2. The van der Waals surface area contributed by atoms with Gasteiger partial charge >= 0.3 is 13.8 Å². The number of allylic oxidation sites excluding steroid dienone is 8. The lowest BCUT2D eigenvalue weighted by molar-refractivity contribution is -0.220. The van der Waals surface area contributed by atoms with Crippen LogP contribution in [-0.2, 0) is 27.9 Å². The van der Waals surface area contributed by atoms with E-state index in [4.69, 9.17) is 18.5 Å². The highest BCUT2D eigenvalue weighted by Gasteiger charge is 2.51. The summed E-state index contributed by atoms with van der Waals surface area (Å²) >= 11 is 0. The predicted molar refractivity (Wildman–Crippen MR) is 241 cm³/mol. The van der Waals surface area contributed by atoms with E-state index in [1.165, 1.54) is 83.5 Å². The lowest BCUT2D eigenvalue weighted by atomic mass is 9.85. The largest absolute Gasteiger partial charge is 0.472 e. The van der Waals surface area contributed by atoms with Crippen LogP contribution < -0.4 is 0 Å². The maximum Gasteiger partial charge on any atom is 0.472 e. The molecule has 0 amide bonds. The van der Waals surface area contributed by atoms with Crippen LogP contribution >= 0.6 is 7.82 Å². The number of ether oxygens (including phenoxy) is 2. The third-order valence-corrected chi connectivity index (χ3v) is 11.9. The number of unbranched alkanes of at least 4 members (excludes halogenated alkanes) is 16. The third kappa shape index (κ3) is 30.1. The molecule has 14 heteroatoms. The zero-order valence-corrected chi connectivity index (χ0v) is 38.5. The van der Waals surface area contributed by atoms with Crippen molar-refractivity contribution in [3.63, 3.8) is 0 Å². The Hall–Kier alpha value is -1.74. The zero-order chi connectivity index (χ0) is 45.0. The van der Waals surface area contributed by atoms with Gasteiger partial charge in [0.15, 0.2) is 0 Å². The maximum atomic E-state index is 12.8. The number of rotatable bonds is 39. The number of phosphoric ester groups is 1.